The first-order valence-electron chi connectivity index (χ1n) is 0.698. The van der Waals surface area contributed by atoms with Crippen LogP contribution in [0.2, 0.25) is 0 Å². The molecule has 0 spiro atoms. The Balaban J connectivity index is -0.00000000800. The summed E-state index contributed by atoms with van der Waals surface area (Å²) in [6.07, 6.45) is 0. The summed E-state index contributed by atoms with van der Waals surface area (Å²) >= 11 is 0. The molecule has 2 N–H and O–H groups in total. The number of hydrogen-bond donors (Lipinski definition) is 2. The second kappa shape index (κ2) is 9.33. The normalized spacial score (nSPS) is 7.25. The zero-order valence-electron chi connectivity index (χ0n) is 5.94. The summed E-state index contributed by atoms with van der Waals surface area (Å²) in [5.41, 5.74) is 0. The van der Waals surface area contributed by atoms with Crippen molar-refractivity contribution in [3.63, 3.8) is 0 Å². The van der Waals surface area contributed by atoms with Gasteiger partial charge in [-0.05, 0) is 0 Å². The molecule has 0 aromatic heterocycles. The number of halogens is 1. The Labute approximate surface area is 110 Å². The van der Waals surface area contributed by atoms with Gasteiger partial charge in [0, 0.05) is 17.4 Å². The van der Waals surface area contributed by atoms with Gasteiger partial charge in [-0.25, -0.2) is 0 Å². The molecule has 0 rings (SSSR count). The predicted octanol–water partition coefficient (Wildman–Crippen LogP) is -3.00. The van der Waals surface area contributed by atoms with E-state index in [2.05, 4.69) is 0 Å². The molecule has 0 fully saturated rings. The summed E-state index contributed by atoms with van der Waals surface area (Å²) in [6.45, 7) is 0. The zero-order chi connectivity index (χ0) is 4.50. The molecule has 0 aliphatic carbocycles. The van der Waals surface area contributed by atoms with E-state index in [0.717, 1.165) is 0 Å². The van der Waals surface area contributed by atoms with Crippen molar-refractivity contribution in [2.45, 2.75) is 0 Å². The van der Waals surface area contributed by atoms with Crippen LogP contribution in [0.25, 0.3) is 0 Å². The molecular weight excluding hydrogens is 223 g/mol. The Hall–Kier alpha value is 2.33. The van der Waals surface area contributed by atoms with Gasteiger partial charge in [0.15, 0.2) is 0 Å². The van der Waals surface area contributed by atoms with E-state index in [1.165, 1.54) is 0 Å². The molecule has 4 nitrogen and oxygen atoms in total. The first-order chi connectivity index (χ1) is 2.00. The van der Waals surface area contributed by atoms with Gasteiger partial charge < -0.3 is 1.43 Å². The Kier molecular flexibility index (Phi) is 26.2. The minimum Gasteiger partial charge on any atom is -1.00 e. The summed E-state index contributed by atoms with van der Waals surface area (Å²) < 4.78 is 31.6. The third kappa shape index (κ3) is 82.5. The van der Waals surface area contributed by atoms with Crippen LogP contribution in [0.5, 0.6) is 0 Å². The van der Waals surface area contributed by atoms with Crippen molar-refractivity contribution in [1.82, 2.24) is 0 Å². The molecule has 8 heteroatoms. The van der Waals surface area contributed by atoms with E-state index in [1.807, 2.05) is 0 Å². The number of hydrogen-bond acceptors (Lipinski definition) is 2. The van der Waals surface area contributed by atoms with Crippen molar-refractivity contribution in [3.8, 4) is 0 Å². The predicted molar refractivity (Wildman–Crippen MR) is 23.6 cm³/mol. The summed E-state index contributed by atoms with van der Waals surface area (Å²) in [5.74, 6) is 0. The van der Waals surface area contributed by atoms with Crippen molar-refractivity contribution >= 4 is 22.8 Å². The van der Waals surface area contributed by atoms with E-state index in [-0.39, 0.29) is 84.0 Å². The molecule has 0 heterocycles. The Morgan fingerprint density at radius 3 is 1.38 bits per heavy atom. The third-order valence-corrected chi connectivity index (χ3v) is 0. The van der Waals surface area contributed by atoms with Crippen molar-refractivity contribution in [3.05, 3.63) is 0 Å². The second-order valence-electron chi connectivity index (χ2n) is 0.448. The van der Waals surface area contributed by atoms with Crippen LogP contribution >= 0.6 is 12.4 Å². The second-order valence-corrected chi connectivity index (χ2v) is 1.34. The Bertz CT molecular complexity index is 106. The van der Waals surface area contributed by atoms with Crippen LogP contribution in [0.3, 0.4) is 0 Å². The molecule has 0 aromatic carbocycles. The molecule has 0 radical (unpaired) electrons. The fourth-order valence-corrected chi connectivity index (χ4v) is 0. The van der Waals surface area contributed by atoms with E-state index in [1.54, 1.807) is 0 Å². The minimum absolute atomic E-state index is 0. The molecule has 0 unspecified atom stereocenters. The monoisotopic (exact) mass is 227 g/mol. The first-order valence-corrected chi connectivity index (χ1v) is 2.10. The summed E-state index contributed by atoms with van der Waals surface area (Å²) in [5, 5.41) is 0. The van der Waals surface area contributed by atoms with Gasteiger partial charge in [-0.3, -0.25) is 9.11 Å². The minimum atomic E-state index is -4.67. The van der Waals surface area contributed by atoms with E-state index in [9.17, 15) is 0 Å². The molecule has 0 aliphatic rings. The molecule has 48 valence electrons. The molecule has 8 heavy (non-hydrogen) atoms. The van der Waals surface area contributed by atoms with Gasteiger partial charge in [-0.15, -0.1) is 12.4 Å². The van der Waals surface area contributed by atoms with Gasteiger partial charge in [0.05, 0.1) is 0 Å². The number of rotatable bonds is 0. The van der Waals surface area contributed by atoms with Crippen LogP contribution < -0.4 is 51.4 Å². The molecule has 0 saturated carbocycles. The maximum atomic E-state index is 8.74. The summed E-state index contributed by atoms with van der Waals surface area (Å²) in [4.78, 5) is 0. The molecular formula is H5ClCrKO4S+. The van der Waals surface area contributed by atoms with Gasteiger partial charge in [0.25, 0.3) is 0 Å². The van der Waals surface area contributed by atoms with Crippen LogP contribution in [-0.4, -0.2) is 17.5 Å². The van der Waals surface area contributed by atoms with Crippen LogP contribution in [0, 0.1) is 0 Å². The molecule has 0 atom stereocenters. The zero-order valence-corrected chi connectivity index (χ0v) is 9.97. The molecule has 0 aromatic rings. The summed E-state index contributed by atoms with van der Waals surface area (Å²) in [6, 6.07) is 0. The van der Waals surface area contributed by atoms with E-state index >= 15 is 0 Å². The Morgan fingerprint density at radius 1 is 1.38 bits per heavy atom. The average Bonchev–Trinajstić information content (AvgIpc) is 0.722. The van der Waals surface area contributed by atoms with Crippen molar-refractivity contribution in [2.24, 2.45) is 0 Å². The average molecular weight is 228 g/mol. The fraction of sp³-hybridized carbons (Fsp3) is 0. The van der Waals surface area contributed by atoms with Crippen LogP contribution in [0.1, 0.15) is 2.85 Å². The van der Waals surface area contributed by atoms with Crippen molar-refractivity contribution in [2.75, 3.05) is 0 Å². The largest absolute Gasteiger partial charge is 1.00 e. The van der Waals surface area contributed by atoms with Crippen LogP contribution in [-0.2, 0) is 27.8 Å². The molecule has 0 saturated heterocycles. The van der Waals surface area contributed by atoms with Gasteiger partial charge >= 0.3 is 63.2 Å². The van der Waals surface area contributed by atoms with Crippen LogP contribution in [0.4, 0.5) is 0 Å². The standard InChI is InChI=1S/ClH.Cr.K.H2O4S.H/c;;;1-5(2,3)4;/h1H;;;(H2,1,2,3,4);/q;;+1;;-1/p+1. The van der Waals surface area contributed by atoms with Gasteiger partial charge in [-0.1, -0.05) is 0 Å². The molecule has 0 amide bonds. The Morgan fingerprint density at radius 2 is 1.38 bits per heavy atom. The third-order valence-electron chi connectivity index (χ3n) is 0. The van der Waals surface area contributed by atoms with Gasteiger partial charge in [-0.2, -0.15) is 8.42 Å². The van der Waals surface area contributed by atoms with E-state index in [0.29, 0.717) is 0 Å². The first kappa shape index (κ1) is 22.4. The smallest absolute Gasteiger partial charge is 1.00 e. The molecule has 0 bridgehead atoms. The van der Waals surface area contributed by atoms with E-state index < -0.39 is 10.4 Å². The van der Waals surface area contributed by atoms with Crippen molar-refractivity contribution < 1.29 is 89.1 Å². The maximum absolute atomic E-state index is 8.74. The van der Waals surface area contributed by atoms with Gasteiger partial charge in [0.1, 0.15) is 0 Å². The van der Waals surface area contributed by atoms with Crippen molar-refractivity contribution in [1.29, 1.82) is 0 Å². The topological polar surface area (TPSA) is 74.6 Å². The molecule has 0 aliphatic heterocycles. The van der Waals surface area contributed by atoms with Gasteiger partial charge in [0.2, 0.25) is 0 Å². The maximum Gasteiger partial charge on any atom is 1.00 e. The quantitative estimate of drug-likeness (QED) is 0.342. The van der Waals surface area contributed by atoms with Crippen LogP contribution in [0.15, 0.2) is 0 Å². The fourth-order valence-electron chi connectivity index (χ4n) is 0. The SMILES string of the molecule is Cl.O=S(=O)(O)O.[Cr].[H+].[H-].[K+]. The van der Waals surface area contributed by atoms with E-state index in [4.69, 9.17) is 17.5 Å². The summed E-state index contributed by atoms with van der Waals surface area (Å²) in [7, 11) is -4.67.